The molecule has 0 amide bonds. The summed E-state index contributed by atoms with van der Waals surface area (Å²) in [6.45, 7) is 0. The number of hydrogen-bond donors (Lipinski definition) is 0. The predicted molar refractivity (Wildman–Crippen MR) is 37.2 cm³/mol. The number of rotatable bonds is 1. The third-order valence-electron chi connectivity index (χ3n) is 0.895. The van der Waals surface area contributed by atoms with Crippen LogP contribution in [0.1, 0.15) is 4.88 Å². The van der Waals surface area contributed by atoms with Crippen molar-refractivity contribution in [1.29, 1.82) is 0 Å². The van der Waals surface area contributed by atoms with E-state index < -0.39 is 4.92 Å². The Morgan fingerprint density at radius 1 is 1.70 bits per heavy atom. The van der Waals surface area contributed by atoms with E-state index in [1.807, 2.05) is 0 Å². The summed E-state index contributed by atoms with van der Waals surface area (Å²) >= 11 is 0.943. The highest BCUT2D eigenvalue weighted by Gasteiger charge is 2.07. The molecule has 0 aliphatic heterocycles. The van der Waals surface area contributed by atoms with E-state index in [0.717, 1.165) is 11.3 Å². The van der Waals surface area contributed by atoms with Crippen molar-refractivity contribution in [2.75, 3.05) is 0 Å². The van der Waals surface area contributed by atoms with Crippen molar-refractivity contribution in [2.45, 2.75) is 0 Å². The summed E-state index contributed by atoms with van der Waals surface area (Å²) < 4.78 is 0. The Kier molecular flexibility index (Phi) is 1.69. The Bertz CT molecular complexity index is 297. The molecule has 3 nitrogen and oxygen atoms in total. The number of nitrogens with zero attached hydrogens (tertiary/aromatic N) is 1. The molecule has 0 aliphatic carbocycles. The summed E-state index contributed by atoms with van der Waals surface area (Å²) in [4.78, 5) is 10.1. The number of nitro groups is 1. The summed E-state index contributed by atoms with van der Waals surface area (Å²) in [6, 6.07) is 2.86. The van der Waals surface area contributed by atoms with Crippen LogP contribution in [0.25, 0.3) is 0 Å². The zero-order valence-electron chi connectivity index (χ0n) is 4.83. The van der Waals surface area contributed by atoms with Gasteiger partial charge in [-0.1, -0.05) is 11.3 Å². The first-order valence-electron chi connectivity index (χ1n) is 2.41. The quantitative estimate of drug-likeness (QED) is 0.348. The van der Waals surface area contributed by atoms with Gasteiger partial charge in [0.1, 0.15) is 0 Å². The lowest BCUT2D eigenvalue weighted by Crippen LogP contribution is -1.80. The normalized spacial score (nSPS) is 8.70. The highest BCUT2D eigenvalue weighted by atomic mass is 32.1. The smallest absolute Gasteiger partial charge is 0.258 e. The van der Waals surface area contributed by atoms with Crippen LogP contribution >= 0.6 is 11.3 Å². The molecule has 0 saturated carbocycles. The van der Waals surface area contributed by atoms with Crippen molar-refractivity contribution in [1.82, 2.24) is 0 Å². The molecule has 0 spiro atoms. The summed E-state index contributed by atoms with van der Waals surface area (Å²) in [7, 11) is 0. The van der Waals surface area contributed by atoms with Crippen LogP contribution in [0.15, 0.2) is 12.1 Å². The van der Waals surface area contributed by atoms with Gasteiger partial charge in [0.2, 0.25) is 0 Å². The Labute approximate surface area is 61.5 Å². The van der Waals surface area contributed by atoms with Crippen LogP contribution in [0.5, 0.6) is 0 Å². The zero-order chi connectivity index (χ0) is 7.56. The molecule has 0 N–H and O–H groups in total. The third kappa shape index (κ3) is 1.14. The van der Waals surface area contributed by atoms with Gasteiger partial charge in [-0.15, -0.1) is 0 Å². The lowest BCUT2D eigenvalue weighted by atomic mass is 10.5. The maximum absolute atomic E-state index is 10.1. The third-order valence-corrected chi connectivity index (χ3v) is 1.85. The van der Waals surface area contributed by atoms with Crippen LogP contribution in [0.4, 0.5) is 5.00 Å². The second-order valence-electron chi connectivity index (χ2n) is 1.52. The van der Waals surface area contributed by atoms with Gasteiger partial charge in [-0.25, -0.2) is 0 Å². The van der Waals surface area contributed by atoms with E-state index in [1.165, 1.54) is 12.1 Å². The molecular formula is C6H2NO2S. The molecule has 4 heteroatoms. The Hall–Kier alpha value is -1.34. The molecule has 0 fully saturated rings. The monoisotopic (exact) mass is 152 g/mol. The molecule has 1 rings (SSSR count). The molecule has 49 valence electrons. The molecule has 1 aromatic rings. The van der Waals surface area contributed by atoms with Crippen LogP contribution in [-0.4, -0.2) is 4.92 Å². The maximum Gasteiger partial charge on any atom is 0.325 e. The van der Waals surface area contributed by atoms with Gasteiger partial charge in [0, 0.05) is 6.07 Å². The van der Waals surface area contributed by atoms with E-state index >= 15 is 0 Å². The summed E-state index contributed by atoms with van der Waals surface area (Å²) in [5, 5.41) is 10.1. The Balaban J connectivity index is 3.02. The maximum atomic E-state index is 10.1. The fourth-order valence-electron chi connectivity index (χ4n) is 0.493. The number of thiophene rings is 1. The van der Waals surface area contributed by atoms with Gasteiger partial charge in [0.15, 0.2) is 0 Å². The summed E-state index contributed by atoms with van der Waals surface area (Å²) in [5.41, 5.74) is 0. The SMILES string of the molecule is [C]#Cc1ccc([N+](=O)[O-])s1. The molecular weight excluding hydrogens is 150 g/mol. The molecule has 10 heavy (non-hydrogen) atoms. The van der Waals surface area contributed by atoms with Gasteiger partial charge in [-0.2, -0.15) is 0 Å². The molecule has 1 heterocycles. The van der Waals surface area contributed by atoms with Crippen molar-refractivity contribution in [2.24, 2.45) is 0 Å². The fraction of sp³-hybridized carbons (Fsp3) is 0. The minimum Gasteiger partial charge on any atom is -0.258 e. The molecule has 0 bridgehead atoms. The van der Waals surface area contributed by atoms with Crippen molar-refractivity contribution in [3.05, 3.63) is 33.5 Å². The van der Waals surface area contributed by atoms with Gasteiger partial charge >= 0.3 is 5.00 Å². The lowest BCUT2D eigenvalue weighted by Gasteiger charge is -1.77. The van der Waals surface area contributed by atoms with E-state index in [4.69, 9.17) is 6.42 Å². The Morgan fingerprint density at radius 2 is 2.40 bits per heavy atom. The standard InChI is InChI=1S/C6H2NO2S/c1-2-5-3-4-6(10-5)7(8)9/h3-4H. The molecule has 1 radical (unpaired) electrons. The largest absolute Gasteiger partial charge is 0.325 e. The molecule has 0 unspecified atom stereocenters. The van der Waals surface area contributed by atoms with Crippen molar-refractivity contribution in [3.63, 3.8) is 0 Å². The zero-order valence-corrected chi connectivity index (χ0v) is 5.64. The summed E-state index contributed by atoms with van der Waals surface area (Å²) in [5.74, 6) is 2.07. The van der Waals surface area contributed by atoms with Gasteiger partial charge in [0.05, 0.1) is 9.80 Å². The lowest BCUT2D eigenvalue weighted by molar-refractivity contribution is -0.380. The van der Waals surface area contributed by atoms with Crippen molar-refractivity contribution in [3.8, 4) is 5.92 Å². The first-order valence-corrected chi connectivity index (χ1v) is 3.22. The van der Waals surface area contributed by atoms with Gasteiger partial charge < -0.3 is 0 Å². The van der Waals surface area contributed by atoms with E-state index in [0.29, 0.717) is 4.88 Å². The Morgan fingerprint density at radius 3 is 2.70 bits per heavy atom. The van der Waals surface area contributed by atoms with E-state index in [2.05, 4.69) is 5.92 Å². The van der Waals surface area contributed by atoms with Crippen molar-refractivity contribution >= 4 is 16.3 Å². The van der Waals surface area contributed by atoms with Gasteiger partial charge in [0.25, 0.3) is 0 Å². The second-order valence-corrected chi connectivity index (χ2v) is 2.58. The van der Waals surface area contributed by atoms with Crippen LogP contribution in [0, 0.1) is 22.5 Å². The van der Waals surface area contributed by atoms with E-state index in [9.17, 15) is 10.1 Å². The summed E-state index contributed by atoms with van der Waals surface area (Å²) in [6.07, 6.45) is 6.64. The van der Waals surface area contributed by atoms with Gasteiger partial charge in [-0.3, -0.25) is 10.1 Å². The highest BCUT2D eigenvalue weighted by Crippen LogP contribution is 2.22. The first-order chi connectivity index (χ1) is 4.74. The predicted octanol–water partition coefficient (Wildman–Crippen LogP) is 1.59. The van der Waals surface area contributed by atoms with Crippen LogP contribution in [0.3, 0.4) is 0 Å². The topological polar surface area (TPSA) is 43.1 Å². The van der Waals surface area contributed by atoms with Gasteiger partial charge in [-0.05, 0) is 18.4 Å². The van der Waals surface area contributed by atoms with E-state index in [1.54, 1.807) is 0 Å². The average Bonchev–Trinajstić information content (AvgIpc) is 2.34. The van der Waals surface area contributed by atoms with Crippen molar-refractivity contribution < 1.29 is 4.92 Å². The molecule has 0 aromatic carbocycles. The second kappa shape index (κ2) is 2.50. The highest BCUT2D eigenvalue weighted by molar-refractivity contribution is 7.15. The fourth-order valence-corrected chi connectivity index (χ4v) is 1.12. The minimum atomic E-state index is -0.481. The van der Waals surface area contributed by atoms with E-state index in [-0.39, 0.29) is 5.00 Å². The first kappa shape index (κ1) is 6.78. The number of hydrogen-bond acceptors (Lipinski definition) is 3. The van der Waals surface area contributed by atoms with Crippen LogP contribution < -0.4 is 0 Å². The van der Waals surface area contributed by atoms with Crippen LogP contribution in [-0.2, 0) is 0 Å². The minimum absolute atomic E-state index is 0.0507. The molecule has 0 aliphatic rings. The molecule has 1 aromatic heterocycles. The molecule has 0 saturated heterocycles. The average molecular weight is 152 g/mol. The van der Waals surface area contributed by atoms with Crippen LogP contribution in [0.2, 0.25) is 0 Å². The molecule has 0 atom stereocenters.